The average Bonchev–Trinajstić information content (AvgIpc) is 2.64. The molecule has 4 rings (SSSR count). The fourth-order valence-corrected chi connectivity index (χ4v) is 4.26. The van der Waals surface area contributed by atoms with E-state index in [1.165, 1.54) is 6.07 Å². The maximum Gasteiger partial charge on any atom is 0.336 e. The van der Waals surface area contributed by atoms with E-state index < -0.39 is 6.10 Å². The fourth-order valence-electron chi connectivity index (χ4n) is 4.26. The maximum absolute atomic E-state index is 12.9. The van der Waals surface area contributed by atoms with Crippen LogP contribution in [0, 0.1) is 6.92 Å². The van der Waals surface area contributed by atoms with Crippen molar-refractivity contribution in [3.63, 3.8) is 0 Å². The lowest BCUT2D eigenvalue weighted by Gasteiger charge is -2.47. The van der Waals surface area contributed by atoms with Crippen LogP contribution >= 0.6 is 0 Å². The molecule has 1 amide bonds. The summed E-state index contributed by atoms with van der Waals surface area (Å²) >= 11 is 0. The molecule has 0 bridgehead atoms. The van der Waals surface area contributed by atoms with Gasteiger partial charge < -0.3 is 18.8 Å². The number of amides is 1. The van der Waals surface area contributed by atoms with Crippen molar-refractivity contribution in [2.45, 2.75) is 58.2 Å². The third-order valence-corrected chi connectivity index (χ3v) is 6.02. The molecule has 28 heavy (non-hydrogen) atoms. The van der Waals surface area contributed by atoms with E-state index in [1.54, 1.807) is 6.92 Å². The maximum atomic E-state index is 12.9. The molecule has 1 aromatic heterocycles. The first kappa shape index (κ1) is 19.0. The number of likely N-dealkylation sites (tertiary alicyclic amines) is 1. The van der Waals surface area contributed by atoms with Gasteiger partial charge in [-0.2, -0.15) is 0 Å². The van der Waals surface area contributed by atoms with Gasteiger partial charge in [0.15, 0.2) is 6.10 Å². The molecular formula is C22H27NO5. The minimum Gasteiger partial charge on any atom is -0.480 e. The van der Waals surface area contributed by atoms with Crippen LogP contribution in [0.25, 0.3) is 11.0 Å². The number of aryl methyl sites for hydroxylation is 2. The number of benzene rings is 1. The highest BCUT2D eigenvalue weighted by Gasteiger charge is 2.42. The zero-order valence-corrected chi connectivity index (χ0v) is 16.7. The van der Waals surface area contributed by atoms with Crippen molar-refractivity contribution in [2.24, 2.45) is 0 Å². The van der Waals surface area contributed by atoms with Crippen molar-refractivity contribution in [1.29, 1.82) is 0 Å². The highest BCUT2D eigenvalue weighted by molar-refractivity contribution is 5.88. The first-order valence-corrected chi connectivity index (χ1v) is 10.1. The Hall–Kier alpha value is -2.34. The van der Waals surface area contributed by atoms with Gasteiger partial charge in [-0.3, -0.25) is 4.79 Å². The molecule has 6 nitrogen and oxygen atoms in total. The molecule has 6 heteroatoms. The van der Waals surface area contributed by atoms with E-state index in [0.29, 0.717) is 30.8 Å². The van der Waals surface area contributed by atoms with Crippen LogP contribution in [0.3, 0.4) is 0 Å². The summed E-state index contributed by atoms with van der Waals surface area (Å²) in [7, 11) is 0. The largest absolute Gasteiger partial charge is 0.480 e. The Balaban J connectivity index is 1.55. The molecule has 0 aliphatic carbocycles. The normalized spacial score (nSPS) is 19.5. The van der Waals surface area contributed by atoms with Crippen LogP contribution in [0.5, 0.6) is 5.75 Å². The molecule has 0 saturated carbocycles. The molecule has 3 heterocycles. The van der Waals surface area contributed by atoms with E-state index in [9.17, 15) is 9.59 Å². The smallest absolute Gasteiger partial charge is 0.336 e. The summed E-state index contributed by atoms with van der Waals surface area (Å²) in [5, 5.41) is 0.771. The van der Waals surface area contributed by atoms with Crippen molar-refractivity contribution >= 4 is 16.9 Å². The van der Waals surface area contributed by atoms with Gasteiger partial charge in [-0.15, -0.1) is 0 Å². The SMILES string of the molecule is CCc1cc(=O)oc2cc(C)cc(OC(C)C(=O)N3CCC4(CCO4)CC3)c12. The lowest BCUT2D eigenvalue weighted by atomic mass is 9.84. The molecule has 150 valence electrons. The summed E-state index contributed by atoms with van der Waals surface area (Å²) in [6.45, 7) is 7.93. The second-order valence-electron chi connectivity index (χ2n) is 7.95. The van der Waals surface area contributed by atoms with Gasteiger partial charge in [0, 0.05) is 19.2 Å². The minimum absolute atomic E-state index is 0.0146. The molecule has 2 aromatic rings. The Kier molecular flexibility index (Phi) is 4.91. The third-order valence-electron chi connectivity index (χ3n) is 6.02. The van der Waals surface area contributed by atoms with Gasteiger partial charge >= 0.3 is 5.63 Å². The number of piperidine rings is 1. The molecular weight excluding hydrogens is 358 g/mol. The molecule has 1 aromatic carbocycles. The molecule has 1 spiro atoms. The Bertz CT molecular complexity index is 949. The van der Waals surface area contributed by atoms with E-state index in [4.69, 9.17) is 13.9 Å². The Morgan fingerprint density at radius 1 is 1.25 bits per heavy atom. The predicted molar refractivity (Wildman–Crippen MR) is 106 cm³/mol. The first-order chi connectivity index (χ1) is 13.4. The Labute approximate surface area is 164 Å². The minimum atomic E-state index is -0.613. The lowest BCUT2D eigenvalue weighted by molar-refractivity contribution is -0.178. The van der Waals surface area contributed by atoms with Crippen LogP contribution in [0.1, 0.15) is 44.2 Å². The lowest BCUT2D eigenvalue weighted by Crippen LogP contribution is -2.55. The summed E-state index contributed by atoms with van der Waals surface area (Å²) < 4.78 is 17.2. The van der Waals surface area contributed by atoms with E-state index in [-0.39, 0.29) is 17.1 Å². The fraction of sp³-hybridized carbons (Fsp3) is 0.545. The Morgan fingerprint density at radius 3 is 2.57 bits per heavy atom. The monoisotopic (exact) mass is 385 g/mol. The number of ether oxygens (including phenoxy) is 2. The van der Waals surface area contributed by atoms with Crippen molar-refractivity contribution in [3.05, 3.63) is 39.7 Å². The predicted octanol–water partition coefficient (Wildman–Crippen LogP) is 3.21. The van der Waals surface area contributed by atoms with Crippen LogP contribution in [-0.4, -0.2) is 42.2 Å². The standard InChI is InChI=1S/C22H27NO5/c1-4-16-13-19(24)28-18-12-14(2)11-17(20(16)18)27-15(3)21(25)23-8-5-22(6-9-23)7-10-26-22/h11-13,15H,4-10H2,1-3H3. The third kappa shape index (κ3) is 3.41. The first-order valence-electron chi connectivity index (χ1n) is 10.1. The highest BCUT2D eigenvalue weighted by atomic mass is 16.5. The molecule has 1 unspecified atom stereocenters. The molecule has 1 atom stereocenters. The second kappa shape index (κ2) is 7.24. The van der Waals surface area contributed by atoms with Gasteiger partial charge in [-0.1, -0.05) is 6.92 Å². The van der Waals surface area contributed by atoms with Crippen LogP contribution in [0.2, 0.25) is 0 Å². The van der Waals surface area contributed by atoms with E-state index in [0.717, 1.165) is 42.4 Å². The molecule has 2 aliphatic rings. The summed E-state index contributed by atoms with van der Waals surface area (Å²) in [5.74, 6) is 0.575. The van der Waals surface area contributed by atoms with E-state index in [1.807, 2.05) is 30.9 Å². The number of fused-ring (bicyclic) bond motifs is 1. The van der Waals surface area contributed by atoms with Crippen molar-refractivity contribution in [1.82, 2.24) is 4.90 Å². The van der Waals surface area contributed by atoms with E-state index in [2.05, 4.69) is 0 Å². The second-order valence-corrected chi connectivity index (χ2v) is 7.95. The van der Waals surface area contributed by atoms with Gasteiger partial charge in [0.25, 0.3) is 5.91 Å². The molecule has 0 radical (unpaired) electrons. The Morgan fingerprint density at radius 2 is 1.96 bits per heavy atom. The van der Waals surface area contributed by atoms with Gasteiger partial charge in [-0.25, -0.2) is 4.79 Å². The quantitative estimate of drug-likeness (QED) is 0.756. The van der Waals surface area contributed by atoms with Gasteiger partial charge in [-0.05, 0) is 62.8 Å². The average molecular weight is 385 g/mol. The topological polar surface area (TPSA) is 69.0 Å². The number of carbonyl (C=O) groups excluding carboxylic acids is 1. The van der Waals surface area contributed by atoms with Crippen LogP contribution in [0.4, 0.5) is 0 Å². The molecule has 2 fully saturated rings. The van der Waals surface area contributed by atoms with Crippen LogP contribution < -0.4 is 10.4 Å². The summed E-state index contributed by atoms with van der Waals surface area (Å²) in [6.07, 6.45) is 2.95. The van der Waals surface area contributed by atoms with Gasteiger partial charge in [0.05, 0.1) is 17.6 Å². The summed E-state index contributed by atoms with van der Waals surface area (Å²) in [4.78, 5) is 26.6. The van der Waals surface area contributed by atoms with Gasteiger partial charge in [0.2, 0.25) is 0 Å². The number of hydrogen-bond donors (Lipinski definition) is 0. The zero-order valence-electron chi connectivity index (χ0n) is 16.7. The number of carbonyl (C=O) groups is 1. The molecule has 2 saturated heterocycles. The highest BCUT2D eigenvalue weighted by Crippen LogP contribution is 2.37. The molecule has 0 N–H and O–H groups in total. The van der Waals surface area contributed by atoms with E-state index >= 15 is 0 Å². The summed E-state index contributed by atoms with van der Waals surface area (Å²) in [5.41, 5.74) is 1.93. The van der Waals surface area contributed by atoms with Crippen molar-refractivity contribution in [2.75, 3.05) is 19.7 Å². The van der Waals surface area contributed by atoms with Crippen LogP contribution in [0.15, 0.2) is 27.4 Å². The number of nitrogens with zero attached hydrogens (tertiary/aromatic N) is 1. The van der Waals surface area contributed by atoms with Gasteiger partial charge in [0.1, 0.15) is 11.3 Å². The van der Waals surface area contributed by atoms with Crippen LogP contribution in [-0.2, 0) is 16.0 Å². The van der Waals surface area contributed by atoms with Crippen molar-refractivity contribution < 1.29 is 18.7 Å². The number of rotatable bonds is 4. The number of hydrogen-bond acceptors (Lipinski definition) is 5. The summed E-state index contributed by atoms with van der Waals surface area (Å²) in [6, 6.07) is 5.23. The molecule has 2 aliphatic heterocycles. The zero-order chi connectivity index (χ0) is 19.9. The van der Waals surface area contributed by atoms with Crippen molar-refractivity contribution in [3.8, 4) is 5.75 Å².